The third kappa shape index (κ3) is 8.72. The van der Waals surface area contributed by atoms with Gasteiger partial charge in [0, 0.05) is 13.0 Å². The second-order valence-electron chi connectivity index (χ2n) is 4.44. The van der Waals surface area contributed by atoms with E-state index in [-0.39, 0.29) is 5.91 Å². The minimum absolute atomic E-state index is 0.208. The molecule has 16 heavy (non-hydrogen) atoms. The summed E-state index contributed by atoms with van der Waals surface area (Å²) in [6, 6.07) is 0. The standard InChI is InChI=1S/C13H28N2O/c1-3-12(4-2)11-15-13(16)9-7-5-6-8-10-14/h12H,3-11,14H2,1-2H3,(H,15,16). The summed E-state index contributed by atoms with van der Waals surface area (Å²) in [6.45, 7) is 5.95. The Hall–Kier alpha value is -0.570. The van der Waals surface area contributed by atoms with E-state index in [0.29, 0.717) is 12.3 Å². The monoisotopic (exact) mass is 228 g/mol. The third-order valence-electron chi connectivity index (χ3n) is 3.10. The molecule has 0 radical (unpaired) electrons. The maximum absolute atomic E-state index is 11.5. The highest BCUT2D eigenvalue weighted by Crippen LogP contribution is 2.06. The summed E-state index contributed by atoms with van der Waals surface area (Å²) >= 11 is 0. The van der Waals surface area contributed by atoms with Crippen LogP contribution in [0.2, 0.25) is 0 Å². The Labute approximate surface area is 100 Å². The first kappa shape index (κ1) is 15.4. The number of unbranched alkanes of at least 4 members (excludes halogenated alkanes) is 3. The molecule has 3 N–H and O–H groups in total. The van der Waals surface area contributed by atoms with Crippen molar-refractivity contribution in [3.8, 4) is 0 Å². The predicted molar refractivity (Wildman–Crippen MR) is 69.2 cm³/mol. The largest absolute Gasteiger partial charge is 0.356 e. The highest BCUT2D eigenvalue weighted by molar-refractivity contribution is 5.75. The lowest BCUT2D eigenvalue weighted by atomic mass is 10.0. The van der Waals surface area contributed by atoms with E-state index in [0.717, 1.165) is 51.6 Å². The Kier molecular flexibility index (Phi) is 10.5. The van der Waals surface area contributed by atoms with E-state index >= 15 is 0 Å². The first-order chi connectivity index (χ1) is 7.74. The van der Waals surface area contributed by atoms with Crippen molar-refractivity contribution in [1.82, 2.24) is 5.32 Å². The van der Waals surface area contributed by atoms with Gasteiger partial charge in [-0.2, -0.15) is 0 Å². The minimum Gasteiger partial charge on any atom is -0.356 e. The van der Waals surface area contributed by atoms with Gasteiger partial charge < -0.3 is 11.1 Å². The van der Waals surface area contributed by atoms with Gasteiger partial charge in [0.05, 0.1) is 0 Å². The zero-order chi connectivity index (χ0) is 12.2. The summed E-state index contributed by atoms with van der Waals surface area (Å²) in [5.41, 5.74) is 5.40. The fourth-order valence-electron chi connectivity index (χ4n) is 1.71. The molecule has 0 unspecified atom stereocenters. The number of hydrogen-bond donors (Lipinski definition) is 2. The normalized spacial score (nSPS) is 10.8. The van der Waals surface area contributed by atoms with E-state index in [1.54, 1.807) is 0 Å². The molecule has 3 nitrogen and oxygen atoms in total. The van der Waals surface area contributed by atoms with Crippen LogP contribution in [0.15, 0.2) is 0 Å². The number of nitrogens with two attached hydrogens (primary N) is 1. The van der Waals surface area contributed by atoms with Crippen molar-refractivity contribution in [3.63, 3.8) is 0 Å². The van der Waals surface area contributed by atoms with Crippen LogP contribution in [0.1, 0.15) is 58.8 Å². The highest BCUT2D eigenvalue weighted by Gasteiger charge is 2.05. The number of carbonyl (C=O) groups is 1. The molecule has 0 saturated heterocycles. The summed E-state index contributed by atoms with van der Waals surface area (Å²) in [5, 5.41) is 3.01. The smallest absolute Gasteiger partial charge is 0.220 e. The van der Waals surface area contributed by atoms with Gasteiger partial charge in [-0.05, 0) is 25.3 Å². The maximum atomic E-state index is 11.5. The van der Waals surface area contributed by atoms with Crippen molar-refractivity contribution in [1.29, 1.82) is 0 Å². The van der Waals surface area contributed by atoms with Crippen LogP contribution in [0.3, 0.4) is 0 Å². The Balaban J connectivity index is 3.37. The van der Waals surface area contributed by atoms with Crippen LogP contribution in [0, 0.1) is 5.92 Å². The quantitative estimate of drug-likeness (QED) is 0.564. The minimum atomic E-state index is 0.208. The zero-order valence-corrected chi connectivity index (χ0v) is 10.9. The van der Waals surface area contributed by atoms with Crippen LogP contribution in [0.4, 0.5) is 0 Å². The van der Waals surface area contributed by atoms with E-state index in [4.69, 9.17) is 5.73 Å². The second-order valence-corrected chi connectivity index (χ2v) is 4.44. The summed E-state index contributed by atoms with van der Waals surface area (Å²) in [4.78, 5) is 11.5. The van der Waals surface area contributed by atoms with Crippen LogP contribution in [0.5, 0.6) is 0 Å². The van der Waals surface area contributed by atoms with E-state index < -0.39 is 0 Å². The molecule has 0 rings (SSSR count). The molecule has 0 saturated carbocycles. The molecule has 0 heterocycles. The van der Waals surface area contributed by atoms with Crippen molar-refractivity contribution in [2.24, 2.45) is 11.7 Å². The van der Waals surface area contributed by atoms with E-state index in [9.17, 15) is 4.79 Å². The maximum Gasteiger partial charge on any atom is 0.220 e. The van der Waals surface area contributed by atoms with Crippen LogP contribution in [0.25, 0.3) is 0 Å². The molecule has 3 heteroatoms. The van der Waals surface area contributed by atoms with E-state index in [1.165, 1.54) is 0 Å². The lowest BCUT2D eigenvalue weighted by Gasteiger charge is -2.13. The number of rotatable bonds is 10. The van der Waals surface area contributed by atoms with Gasteiger partial charge in [0.25, 0.3) is 0 Å². The van der Waals surface area contributed by atoms with Crippen molar-refractivity contribution < 1.29 is 4.79 Å². The van der Waals surface area contributed by atoms with Crippen molar-refractivity contribution in [3.05, 3.63) is 0 Å². The average Bonchev–Trinajstić information content (AvgIpc) is 2.30. The molecule has 0 aromatic carbocycles. The first-order valence-corrected chi connectivity index (χ1v) is 6.71. The lowest BCUT2D eigenvalue weighted by molar-refractivity contribution is -0.121. The predicted octanol–water partition coefficient (Wildman–Crippen LogP) is 2.45. The molecule has 0 bridgehead atoms. The number of hydrogen-bond acceptors (Lipinski definition) is 2. The fraction of sp³-hybridized carbons (Fsp3) is 0.923. The average molecular weight is 228 g/mol. The van der Waals surface area contributed by atoms with Crippen LogP contribution in [-0.4, -0.2) is 19.0 Å². The van der Waals surface area contributed by atoms with Crippen molar-refractivity contribution in [2.45, 2.75) is 58.8 Å². The highest BCUT2D eigenvalue weighted by atomic mass is 16.1. The van der Waals surface area contributed by atoms with Gasteiger partial charge >= 0.3 is 0 Å². The molecule has 0 fully saturated rings. The zero-order valence-electron chi connectivity index (χ0n) is 10.9. The van der Waals surface area contributed by atoms with Gasteiger partial charge in [0.15, 0.2) is 0 Å². The SMILES string of the molecule is CCC(CC)CNC(=O)CCCCCCN. The topological polar surface area (TPSA) is 55.1 Å². The van der Waals surface area contributed by atoms with Crippen LogP contribution < -0.4 is 11.1 Å². The van der Waals surface area contributed by atoms with Gasteiger partial charge in [-0.25, -0.2) is 0 Å². The van der Waals surface area contributed by atoms with Gasteiger partial charge in [-0.1, -0.05) is 39.5 Å². The van der Waals surface area contributed by atoms with Gasteiger partial charge in [-0.3, -0.25) is 4.79 Å². The van der Waals surface area contributed by atoms with Crippen molar-refractivity contribution >= 4 is 5.91 Å². The lowest BCUT2D eigenvalue weighted by Crippen LogP contribution is -2.28. The Morgan fingerprint density at radius 1 is 1.12 bits per heavy atom. The van der Waals surface area contributed by atoms with Crippen LogP contribution >= 0.6 is 0 Å². The molecule has 0 aromatic rings. The molecule has 0 aromatic heterocycles. The van der Waals surface area contributed by atoms with E-state index in [1.807, 2.05) is 0 Å². The first-order valence-electron chi connectivity index (χ1n) is 6.71. The molecule has 0 aliphatic carbocycles. The van der Waals surface area contributed by atoms with E-state index in [2.05, 4.69) is 19.2 Å². The molecule has 0 spiro atoms. The Morgan fingerprint density at radius 3 is 2.31 bits per heavy atom. The second kappa shape index (κ2) is 10.9. The molecule has 0 aliphatic heterocycles. The molecular weight excluding hydrogens is 200 g/mol. The molecule has 96 valence electrons. The van der Waals surface area contributed by atoms with Gasteiger partial charge in [0.1, 0.15) is 0 Å². The van der Waals surface area contributed by atoms with Gasteiger partial charge in [-0.15, -0.1) is 0 Å². The van der Waals surface area contributed by atoms with Gasteiger partial charge in [0.2, 0.25) is 5.91 Å². The molecule has 0 aliphatic rings. The summed E-state index contributed by atoms with van der Waals surface area (Å²) < 4.78 is 0. The Morgan fingerprint density at radius 2 is 1.75 bits per heavy atom. The fourth-order valence-corrected chi connectivity index (χ4v) is 1.71. The number of amides is 1. The Bertz CT molecular complexity index is 167. The number of nitrogens with one attached hydrogen (secondary N) is 1. The molecule has 0 atom stereocenters. The van der Waals surface area contributed by atoms with Crippen LogP contribution in [-0.2, 0) is 4.79 Å². The number of carbonyl (C=O) groups excluding carboxylic acids is 1. The third-order valence-corrected chi connectivity index (χ3v) is 3.10. The molecular formula is C13H28N2O. The summed E-state index contributed by atoms with van der Waals surface area (Å²) in [7, 11) is 0. The molecule has 1 amide bonds. The summed E-state index contributed by atoms with van der Waals surface area (Å²) in [5.74, 6) is 0.848. The van der Waals surface area contributed by atoms with Crippen molar-refractivity contribution in [2.75, 3.05) is 13.1 Å². The summed E-state index contributed by atoms with van der Waals surface area (Å²) in [6.07, 6.45) is 7.31.